The maximum absolute atomic E-state index is 6.08. The Balaban J connectivity index is 2.30. The summed E-state index contributed by atoms with van der Waals surface area (Å²) in [4.78, 5) is 2.56. The first kappa shape index (κ1) is 17.0. The molecule has 0 aliphatic heterocycles. The summed E-state index contributed by atoms with van der Waals surface area (Å²) in [6.45, 7) is 6.69. The van der Waals surface area contributed by atoms with Gasteiger partial charge in [-0.1, -0.05) is 51.9 Å². The van der Waals surface area contributed by atoms with Crippen LogP contribution in [0.4, 0.5) is 0 Å². The van der Waals surface area contributed by atoms with Gasteiger partial charge >= 0.3 is 0 Å². The van der Waals surface area contributed by atoms with Gasteiger partial charge in [-0.25, -0.2) is 0 Å². The number of rotatable bonds is 10. The van der Waals surface area contributed by atoms with E-state index in [1.54, 1.807) is 0 Å². The fourth-order valence-corrected chi connectivity index (χ4v) is 3.36. The van der Waals surface area contributed by atoms with E-state index in [4.69, 9.17) is 5.73 Å². The van der Waals surface area contributed by atoms with Gasteiger partial charge in [-0.15, -0.1) is 0 Å². The zero-order chi connectivity index (χ0) is 14.1. The molecule has 19 heavy (non-hydrogen) atoms. The lowest BCUT2D eigenvalue weighted by atomic mass is 9.91. The van der Waals surface area contributed by atoms with Crippen LogP contribution in [0.15, 0.2) is 0 Å². The molecule has 1 rings (SSSR count). The van der Waals surface area contributed by atoms with Gasteiger partial charge in [0.05, 0.1) is 0 Å². The van der Waals surface area contributed by atoms with Crippen LogP contribution in [0, 0.1) is 5.92 Å². The van der Waals surface area contributed by atoms with E-state index in [9.17, 15) is 0 Å². The fourth-order valence-electron chi connectivity index (χ4n) is 3.36. The summed E-state index contributed by atoms with van der Waals surface area (Å²) in [5.41, 5.74) is 6.30. The molecular formula is C17H36N2. The third kappa shape index (κ3) is 5.83. The Hall–Kier alpha value is -0.0800. The van der Waals surface area contributed by atoms with Crippen LogP contribution in [0.1, 0.15) is 78.1 Å². The number of hydrogen-bond acceptors (Lipinski definition) is 2. The average Bonchev–Trinajstić information content (AvgIpc) is 2.91. The molecule has 0 aromatic rings. The van der Waals surface area contributed by atoms with Gasteiger partial charge in [0.2, 0.25) is 0 Å². The zero-order valence-corrected chi connectivity index (χ0v) is 13.6. The van der Waals surface area contributed by atoms with Gasteiger partial charge < -0.3 is 5.73 Å². The zero-order valence-electron chi connectivity index (χ0n) is 13.6. The van der Waals surface area contributed by atoms with E-state index < -0.39 is 0 Å². The van der Waals surface area contributed by atoms with Crippen LogP contribution in [-0.4, -0.2) is 30.6 Å². The Kier molecular flexibility index (Phi) is 8.01. The third-order valence-corrected chi connectivity index (χ3v) is 5.19. The Bertz CT molecular complexity index is 223. The van der Waals surface area contributed by atoms with Gasteiger partial charge in [0.15, 0.2) is 0 Å². The van der Waals surface area contributed by atoms with Crippen LogP contribution in [-0.2, 0) is 0 Å². The lowest BCUT2D eigenvalue weighted by Crippen LogP contribution is -2.51. The van der Waals surface area contributed by atoms with Crippen LogP contribution < -0.4 is 5.73 Å². The Morgan fingerprint density at radius 1 is 1.11 bits per heavy atom. The largest absolute Gasteiger partial charge is 0.329 e. The molecule has 1 unspecified atom stereocenters. The molecule has 2 heteroatoms. The number of unbranched alkanes of at least 4 members (excludes halogenated alkanes) is 4. The molecule has 1 aliphatic carbocycles. The van der Waals surface area contributed by atoms with Gasteiger partial charge in [0.25, 0.3) is 0 Å². The van der Waals surface area contributed by atoms with Crippen LogP contribution in [0.5, 0.6) is 0 Å². The van der Waals surface area contributed by atoms with Crippen LogP contribution in [0.2, 0.25) is 0 Å². The minimum atomic E-state index is 0.217. The van der Waals surface area contributed by atoms with Crippen molar-refractivity contribution in [1.82, 2.24) is 4.90 Å². The van der Waals surface area contributed by atoms with E-state index in [2.05, 4.69) is 25.8 Å². The van der Waals surface area contributed by atoms with Crippen LogP contribution >= 0.6 is 0 Å². The molecule has 1 saturated carbocycles. The van der Waals surface area contributed by atoms with Crippen LogP contribution in [0.25, 0.3) is 0 Å². The van der Waals surface area contributed by atoms with E-state index >= 15 is 0 Å². The van der Waals surface area contributed by atoms with Gasteiger partial charge in [-0.3, -0.25) is 4.90 Å². The smallest absolute Gasteiger partial charge is 0.0300 e. The molecule has 0 bridgehead atoms. The maximum Gasteiger partial charge on any atom is 0.0300 e. The third-order valence-electron chi connectivity index (χ3n) is 5.19. The lowest BCUT2D eigenvalue weighted by molar-refractivity contribution is 0.110. The molecule has 2 nitrogen and oxygen atoms in total. The summed E-state index contributed by atoms with van der Waals surface area (Å²) in [6, 6.07) is 0. The van der Waals surface area contributed by atoms with Gasteiger partial charge in [-0.05, 0) is 39.2 Å². The van der Waals surface area contributed by atoms with E-state index in [-0.39, 0.29) is 5.54 Å². The average molecular weight is 268 g/mol. The minimum Gasteiger partial charge on any atom is -0.329 e. The van der Waals surface area contributed by atoms with Crippen molar-refractivity contribution in [2.75, 3.05) is 20.1 Å². The van der Waals surface area contributed by atoms with E-state index in [1.807, 2.05) is 0 Å². The SMILES string of the molecule is CCCCCCCC(C)(CN)N(C)CC1CCCC1. The molecule has 1 aliphatic rings. The summed E-state index contributed by atoms with van der Waals surface area (Å²) in [7, 11) is 2.29. The Morgan fingerprint density at radius 3 is 2.32 bits per heavy atom. The molecule has 1 fully saturated rings. The van der Waals surface area contributed by atoms with Crippen LogP contribution in [0.3, 0.4) is 0 Å². The van der Waals surface area contributed by atoms with Gasteiger partial charge in [0.1, 0.15) is 0 Å². The molecule has 1 atom stereocenters. The van der Waals surface area contributed by atoms with Crippen molar-refractivity contribution in [2.45, 2.75) is 83.6 Å². The van der Waals surface area contributed by atoms with E-state index in [0.29, 0.717) is 0 Å². The number of hydrogen-bond donors (Lipinski definition) is 1. The summed E-state index contributed by atoms with van der Waals surface area (Å²) in [5, 5.41) is 0. The highest BCUT2D eigenvalue weighted by molar-refractivity contribution is 4.87. The predicted molar refractivity (Wildman–Crippen MR) is 85.4 cm³/mol. The molecule has 2 N–H and O–H groups in total. The van der Waals surface area contributed by atoms with Crippen molar-refractivity contribution >= 4 is 0 Å². The molecule has 114 valence electrons. The summed E-state index contributed by atoms with van der Waals surface area (Å²) >= 11 is 0. The number of nitrogens with two attached hydrogens (primary N) is 1. The Morgan fingerprint density at radius 2 is 1.74 bits per heavy atom. The molecular weight excluding hydrogens is 232 g/mol. The molecule has 0 aromatic heterocycles. The Labute approximate surface area is 121 Å². The number of nitrogens with zero attached hydrogens (tertiary/aromatic N) is 1. The van der Waals surface area contributed by atoms with E-state index in [0.717, 1.165) is 12.5 Å². The van der Waals surface area contributed by atoms with Crippen molar-refractivity contribution in [1.29, 1.82) is 0 Å². The first-order valence-corrected chi connectivity index (χ1v) is 8.53. The summed E-state index contributed by atoms with van der Waals surface area (Å²) in [6.07, 6.45) is 13.8. The second kappa shape index (κ2) is 8.97. The monoisotopic (exact) mass is 268 g/mol. The van der Waals surface area contributed by atoms with Crippen molar-refractivity contribution in [3.63, 3.8) is 0 Å². The molecule has 0 aromatic carbocycles. The first-order valence-electron chi connectivity index (χ1n) is 8.53. The highest BCUT2D eigenvalue weighted by Gasteiger charge is 2.29. The van der Waals surface area contributed by atoms with Gasteiger partial charge in [-0.2, -0.15) is 0 Å². The molecule has 0 spiro atoms. The second-order valence-corrected chi connectivity index (χ2v) is 6.90. The number of likely N-dealkylation sites (N-methyl/N-ethyl adjacent to an activating group) is 1. The van der Waals surface area contributed by atoms with Crippen molar-refractivity contribution in [2.24, 2.45) is 11.7 Å². The second-order valence-electron chi connectivity index (χ2n) is 6.90. The molecule has 0 radical (unpaired) electrons. The lowest BCUT2D eigenvalue weighted by Gasteiger charge is -2.39. The fraction of sp³-hybridized carbons (Fsp3) is 1.00. The maximum atomic E-state index is 6.08. The van der Waals surface area contributed by atoms with E-state index in [1.165, 1.54) is 70.8 Å². The normalized spacial score (nSPS) is 20.1. The highest BCUT2D eigenvalue weighted by atomic mass is 15.2. The molecule has 0 heterocycles. The quantitative estimate of drug-likeness (QED) is 0.602. The summed E-state index contributed by atoms with van der Waals surface area (Å²) < 4.78 is 0. The minimum absolute atomic E-state index is 0.217. The highest BCUT2D eigenvalue weighted by Crippen LogP contribution is 2.28. The van der Waals surface area contributed by atoms with Crippen molar-refractivity contribution < 1.29 is 0 Å². The predicted octanol–water partition coefficient (Wildman–Crippen LogP) is 4.19. The first-order chi connectivity index (χ1) is 9.12. The topological polar surface area (TPSA) is 29.3 Å². The summed E-state index contributed by atoms with van der Waals surface area (Å²) in [5.74, 6) is 0.927. The molecule has 0 saturated heterocycles. The van der Waals surface area contributed by atoms with Crippen molar-refractivity contribution in [3.05, 3.63) is 0 Å². The van der Waals surface area contributed by atoms with Crippen molar-refractivity contribution in [3.8, 4) is 0 Å². The van der Waals surface area contributed by atoms with Gasteiger partial charge in [0, 0.05) is 18.6 Å². The molecule has 0 amide bonds. The standard InChI is InChI=1S/C17H36N2/c1-4-5-6-7-10-13-17(2,15-18)19(3)14-16-11-8-9-12-16/h16H,4-15,18H2,1-3H3.